The predicted molar refractivity (Wildman–Crippen MR) is 113 cm³/mol. The summed E-state index contributed by atoms with van der Waals surface area (Å²) < 4.78 is 11.0. The van der Waals surface area contributed by atoms with Crippen LogP contribution in [0.5, 0.6) is 5.75 Å². The Balaban J connectivity index is 1.63. The van der Waals surface area contributed by atoms with Crippen LogP contribution in [0.25, 0.3) is 17.4 Å². The van der Waals surface area contributed by atoms with Crippen LogP contribution >= 0.6 is 11.6 Å². The Morgan fingerprint density at radius 2 is 1.97 bits per heavy atom. The Morgan fingerprint density at radius 1 is 1.16 bits per heavy atom. The first kappa shape index (κ1) is 20.2. The number of furan rings is 1. The molecule has 1 aromatic heterocycles. The summed E-state index contributed by atoms with van der Waals surface area (Å²) in [6.07, 6.45) is 1.39. The highest BCUT2D eigenvalue weighted by Gasteiger charge is 2.35. The van der Waals surface area contributed by atoms with E-state index in [2.05, 4.69) is 5.32 Å². The molecule has 0 saturated carbocycles. The lowest BCUT2D eigenvalue weighted by molar-refractivity contribution is -0.384. The van der Waals surface area contributed by atoms with E-state index in [0.29, 0.717) is 27.8 Å². The number of carbonyl (C=O) groups is 2. The maximum absolute atomic E-state index is 12.7. The van der Waals surface area contributed by atoms with Crippen LogP contribution in [-0.4, -0.2) is 24.0 Å². The molecule has 0 atom stereocenters. The van der Waals surface area contributed by atoms with E-state index in [1.54, 1.807) is 30.3 Å². The van der Waals surface area contributed by atoms with E-state index in [9.17, 15) is 19.7 Å². The number of hydrogen-bond donors (Lipinski definition) is 1. The van der Waals surface area contributed by atoms with Crippen LogP contribution in [0.1, 0.15) is 5.76 Å². The van der Waals surface area contributed by atoms with Crippen LogP contribution in [0.4, 0.5) is 16.2 Å². The molecule has 0 bridgehead atoms. The monoisotopic (exact) mass is 439 g/mol. The number of benzene rings is 2. The lowest BCUT2D eigenvalue weighted by atomic mass is 10.1. The van der Waals surface area contributed by atoms with Gasteiger partial charge in [0, 0.05) is 17.2 Å². The van der Waals surface area contributed by atoms with Crippen LogP contribution in [0.15, 0.2) is 64.7 Å². The molecule has 3 amide bonds. The first-order valence-electron chi connectivity index (χ1n) is 8.92. The van der Waals surface area contributed by atoms with Gasteiger partial charge in [-0.05, 0) is 36.4 Å². The SMILES string of the molecule is COc1cc([N+](=O)[O-])ccc1-c1ccc(C=C2NC(=O)N(c3cccc(Cl)c3)C2=O)o1. The molecule has 1 saturated heterocycles. The fraction of sp³-hybridized carbons (Fsp3) is 0.0476. The fourth-order valence-electron chi connectivity index (χ4n) is 3.10. The lowest BCUT2D eigenvalue weighted by Crippen LogP contribution is -2.30. The number of hydrogen-bond acceptors (Lipinski definition) is 6. The van der Waals surface area contributed by atoms with Crippen molar-refractivity contribution in [2.75, 3.05) is 12.0 Å². The average molecular weight is 440 g/mol. The van der Waals surface area contributed by atoms with Crippen LogP contribution < -0.4 is 15.0 Å². The normalized spacial score (nSPS) is 14.8. The number of nitrogens with one attached hydrogen (secondary N) is 1. The second-order valence-electron chi connectivity index (χ2n) is 6.45. The standard InChI is InChI=1S/C21H14ClN3O6/c1-30-19-10-14(25(28)29)5-7-16(19)18-8-6-15(31-18)11-17-20(26)24(21(27)23-17)13-4-2-3-12(22)9-13/h2-11H,1H3,(H,23,27). The number of imide groups is 1. The minimum absolute atomic E-state index is 0.0292. The first-order valence-corrected chi connectivity index (χ1v) is 9.30. The van der Waals surface area contributed by atoms with Gasteiger partial charge in [0.2, 0.25) is 0 Å². The lowest BCUT2D eigenvalue weighted by Gasteiger charge is -2.11. The van der Waals surface area contributed by atoms with Gasteiger partial charge >= 0.3 is 6.03 Å². The topological polar surface area (TPSA) is 115 Å². The summed E-state index contributed by atoms with van der Waals surface area (Å²) in [5.74, 6) is 0.382. The van der Waals surface area contributed by atoms with Gasteiger partial charge in [-0.2, -0.15) is 0 Å². The number of nitro benzene ring substituents is 1. The third-order valence-corrected chi connectivity index (χ3v) is 4.75. The van der Waals surface area contributed by atoms with Crippen molar-refractivity contribution in [3.63, 3.8) is 0 Å². The quantitative estimate of drug-likeness (QED) is 0.268. The van der Waals surface area contributed by atoms with Gasteiger partial charge in [-0.3, -0.25) is 14.9 Å². The summed E-state index contributed by atoms with van der Waals surface area (Å²) in [5, 5.41) is 13.9. The number of halogens is 1. The van der Waals surface area contributed by atoms with Crippen LogP contribution in [0.3, 0.4) is 0 Å². The summed E-state index contributed by atoms with van der Waals surface area (Å²) in [7, 11) is 1.39. The van der Waals surface area contributed by atoms with Gasteiger partial charge in [0.25, 0.3) is 11.6 Å². The number of methoxy groups -OCH3 is 1. The average Bonchev–Trinajstić information content (AvgIpc) is 3.31. The molecule has 31 heavy (non-hydrogen) atoms. The highest BCUT2D eigenvalue weighted by molar-refractivity contribution is 6.32. The molecule has 9 nitrogen and oxygen atoms in total. The van der Waals surface area contributed by atoms with E-state index < -0.39 is 16.9 Å². The van der Waals surface area contributed by atoms with Gasteiger partial charge in [-0.15, -0.1) is 0 Å². The van der Waals surface area contributed by atoms with Gasteiger partial charge in [0.15, 0.2) is 0 Å². The molecule has 2 aromatic carbocycles. The number of carbonyl (C=O) groups excluding carboxylic acids is 2. The van der Waals surface area contributed by atoms with Gasteiger partial charge < -0.3 is 14.5 Å². The molecule has 4 rings (SSSR count). The van der Waals surface area contributed by atoms with Crippen LogP contribution in [0.2, 0.25) is 5.02 Å². The number of nitrogens with zero attached hydrogens (tertiary/aromatic N) is 2. The number of anilines is 1. The zero-order valence-corrected chi connectivity index (χ0v) is 16.8. The minimum Gasteiger partial charge on any atom is -0.496 e. The number of urea groups is 1. The minimum atomic E-state index is -0.609. The molecular weight excluding hydrogens is 426 g/mol. The predicted octanol–water partition coefficient (Wildman–Crippen LogP) is 4.61. The Morgan fingerprint density at radius 3 is 2.68 bits per heavy atom. The number of ether oxygens (including phenoxy) is 1. The number of nitro groups is 1. The largest absolute Gasteiger partial charge is 0.496 e. The van der Waals surface area contributed by atoms with Crippen molar-refractivity contribution in [2.24, 2.45) is 0 Å². The third kappa shape index (κ3) is 3.86. The second kappa shape index (κ2) is 7.96. The Bertz CT molecular complexity index is 1250. The van der Waals surface area contributed by atoms with E-state index in [1.807, 2.05) is 0 Å². The summed E-state index contributed by atoms with van der Waals surface area (Å²) in [6, 6.07) is 13.1. The smallest absolute Gasteiger partial charge is 0.333 e. The number of non-ortho nitro benzene ring substituents is 1. The zero-order chi connectivity index (χ0) is 22.1. The van der Waals surface area contributed by atoms with E-state index in [1.165, 1.54) is 37.5 Å². The van der Waals surface area contributed by atoms with Crippen molar-refractivity contribution < 1.29 is 23.7 Å². The molecule has 1 N–H and O–H groups in total. The van der Waals surface area contributed by atoms with Crippen molar-refractivity contribution in [3.05, 3.63) is 81.2 Å². The number of rotatable bonds is 5. The Hall–Kier alpha value is -4.11. The highest BCUT2D eigenvalue weighted by atomic mass is 35.5. The molecule has 1 fully saturated rings. The molecule has 10 heteroatoms. The maximum atomic E-state index is 12.7. The summed E-state index contributed by atoms with van der Waals surface area (Å²) in [6.45, 7) is 0. The van der Waals surface area contributed by atoms with E-state index in [0.717, 1.165) is 4.90 Å². The molecule has 156 valence electrons. The van der Waals surface area contributed by atoms with Crippen molar-refractivity contribution in [3.8, 4) is 17.1 Å². The van der Waals surface area contributed by atoms with Crippen molar-refractivity contribution in [1.29, 1.82) is 0 Å². The Kier molecular flexibility index (Phi) is 5.18. The van der Waals surface area contributed by atoms with Gasteiger partial charge in [0.05, 0.1) is 29.4 Å². The molecule has 0 unspecified atom stereocenters. The fourth-order valence-corrected chi connectivity index (χ4v) is 3.28. The van der Waals surface area contributed by atoms with Gasteiger partial charge in [0.1, 0.15) is 23.0 Å². The summed E-state index contributed by atoms with van der Waals surface area (Å²) in [4.78, 5) is 36.4. The third-order valence-electron chi connectivity index (χ3n) is 4.52. The second-order valence-corrected chi connectivity index (χ2v) is 6.89. The molecule has 3 aromatic rings. The highest BCUT2D eigenvalue weighted by Crippen LogP contribution is 2.35. The molecule has 0 spiro atoms. The van der Waals surface area contributed by atoms with Crippen molar-refractivity contribution in [2.45, 2.75) is 0 Å². The molecular formula is C21H14ClN3O6. The maximum Gasteiger partial charge on any atom is 0.333 e. The van der Waals surface area contributed by atoms with Gasteiger partial charge in [-0.1, -0.05) is 17.7 Å². The summed E-state index contributed by atoms with van der Waals surface area (Å²) in [5.41, 5.74) is 0.755. The summed E-state index contributed by atoms with van der Waals surface area (Å²) >= 11 is 5.95. The van der Waals surface area contributed by atoms with Gasteiger partial charge in [-0.25, -0.2) is 9.69 Å². The molecule has 2 heterocycles. The Labute approximate surface area is 180 Å². The van der Waals surface area contributed by atoms with Crippen molar-refractivity contribution in [1.82, 2.24) is 5.32 Å². The van der Waals surface area contributed by atoms with E-state index >= 15 is 0 Å². The number of amides is 3. The molecule has 1 aliphatic rings. The van der Waals surface area contributed by atoms with Crippen LogP contribution in [0, 0.1) is 10.1 Å². The van der Waals surface area contributed by atoms with E-state index in [4.69, 9.17) is 20.8 Å². The van der Waals surface area contributed by atoms with E-state index in [-0.39, 0.29) is 17.1 Å². The first-order chi connectivity index (χ1) is 14.9. The molecule has 0 aliphatic carbocycles. The zero-order valence-electron chi connectivity index (χ0n) is 16.0. The van der Waals surface area contributed by atoms with Crippen molar-refractivity contribution >= 4 is 41.0 Å². The van der Waals surface area contributed by atoms with Crippen LogP contribution in [-0.2, 0) is 4.79 Å². The molecule has 0 radical (unpaired) electrons. The molecule has 1 aliphatic heterocycles.